The Balaban J connectivity index is 1.71. The van der Waals surface area contributed by atoms with E-state index in [1.165, 1.54) is 6.42 Å². The third-order valence-corrected chi connectivity index (χ3v) is 3.54. The Morgan fingerprint density at radius 1 is 1.25 bits per heavy atom. The molecule has 2 aliphatic rings. The summed E-state index contributed by atoms with van der Waals surface area (Å²) in [6, 6.07) is 0.341. The Hall–Kier alpha value is -0.870. The molecule has 0 bridgehead atoms. The monoisotopic (exact) mass is 222 g/mol. The predicted molar refractivity (Wildman–Crippen MR) is 59.3 cm³/mol. The summed E-state index contributed by atoms with van der Waals surface area (Å²) in [4.78, 5) is 4.63. The lowest BCUT2D eigenvalue weighted by Gasteiger charge is -2.19. The number of nitrogens with one attached hydrogen (secondary N) is 1. The molecule has 3 rings (SSSR count). The van der Waals surface area contributed by atoms with Gasteiger partial charge in [0.25, 0.3) is 0 Å². The van der Waals surface area contributed by atoms with Crippen LogP contribution < -0.4 is 5.32 Å². The van der Waals surface area contributed by atoms with E-state index in [1.807, 2.05) is 6.26 Å². The van der Waals surface area contributed by atoms with Crippen LogP contribution >= 0.6 is 0 Å². The molecule has 0 aliphatic carbocycles. The highest BCUT2D eigenvalue weighted by Gasteiger charge is 2.24. The van der Waals surface area contributed by atoms with Crippen LogP contribution in [0.1, 0.15) is 49.2 Å². The quantitative estimate of drug-likeness (QED) is 0.831. The van der Waals surface area contributed by atoms with E-state index in [0.717, 1.165) is 50.6 Å². The molecule has 2 aliphatic heterocycles. The normalized spacial score (nSPS) is 27.4. The van der Waals surface area contributed by atoms with Crippen molar-refractivity contribution in [3.05, 3.63) is 17.8 Å². The van der Waals surface area contributed by atoms with Crippen molar-refractivity contribution in [3.63, 3.8) is 0 Å². The first kappa shape index (κ1) is 10.3. The maximum atomic E-state index is 5.59. The van der Waals surface area contributed by atoms with Crippen molar-refractivity contribution in [2.45, 2.75) is 37.6 Å². The van der Waals surface area contributed by atoms with E-state index in [2.05, 4.69) is 10.3 Å². The summed E-state index contributed by atoms with van der Waals surface area (Å²) in [5.41, 5.74) is 1.12. The van der Waals surface area contributed by atoms with Crippen LogP contribution in [0.4, 0.5) is 0 Å². The van der Waals surface area contributed by atoms with E-state index in [1.54, 1.807) is 0 Å². The second kappa shape index (κ2) is 4.55. The minimum absolute atomic E-state index is 0.341. The molecule has 2 saturated heterocycles. The van der Waals surface area contributed by atoms with Crippen molar-refractivity contribution >= 4 is 0 Å². The standard InChI is InChI=1S/C12H18N2O2/c1-2-10(13-5-1)12-14-11(8-16-12)9-3-6-15-7-4-9/h8-10,13H,1-7H2. The number of oxazole rings is 1. The number of rotatable bonds is 2. The Bertz CT molecular complexity index is 339. The molecule has 1 N–H and O–H groups in total. The number of nitrogens with zero attached hydrogens (tertiary/aromatic N) is 1. The van der Waals surface area contributed by atoms with Crippen LogP contribution in [0, 0.1) is 0 Å². The number of hydrogen-bond acceptors (Lipinski definition) is 4. The fraction of sp³-hybridized carbons (Fsp3) is 0.750. The molecule has 4 heteroatoms. The molecule has 1 aromatic rings. The van der Waals surface area contributed by atoms with Crippen LogP contribution in [0.15, 0.2) is 10.7 Å². The lowest BCUT2D eigenvalue weighted by molar-refractivity contribution is 0.0845. The highest BCUT2D eigenvalue weighted by atomic mass is 16.5. The molecule has 16 heavy (non-hydrogen) atoms. The summed E-state index contributed by atoms with van der Waals surface area (Å²) < 4.78 is 10.9. The van der Waals surface area contributed by atoms with Gasteiger partial charge >= 0.3 is 0 Å². The van der Waals surface area contributed by atoms with Gasteiger partial charge in [0, 0.05) is 19.1 Å². The van der Waals surface area contributed by atoms with E-state index in [0.29, 0.717) is 12.0 Å². The van der Waals surface area contributed by atoms with Gasteiger partial charge in [0.05, 0.1) is 11.7 Å². The van der Waals surface area contributed by atoms with Crippen LogP contribution in [-0.4, -0.2) is 24.7 Å². The minimum atomic E-state index is 0.341. The van der Waals surface area contributed by atoms with Crippen LogP contribution in [0.5, 0.6) is 0 Å². The van der Waals surface area contributed by atoms with Crippen molar-refractivity contribution in [1.29, 1.82) is 0 Å². The van der Waals surface area contributed by atoms with Crippen LogP contribution in [0.25, 0.3) is 0 Å². The summed E-state index contributed by atoms with van der Waals surface area (Å²) in [6.45, 7) is 2.79. The molecule has 0 spiro atoms. The van der Waals surface area contributed by atoms with E-state index in [-0.39, 0.29) is 0 Å². The summed E-state index contributed by atoms with van der Waals surface area (Å²) in [6.07, 6.45) is 6.35. The highest BCUT2D eigenvalue weighted by molar-refractivity contribution is 5.07. The molecule has 4 nitrogen and oxygen atoms in total. The zero-order valence-electron chi connectivity index (χ0n) is 9.45. The molecule has 88 valence electrons. The van der Waals surface area contributed by atoms with Crippen molar-refractivity contribution in [3.8, 4) is 0 Å². The van der Waals surface area contributed by atoms with E-state index in [9.17, 15) is 0 Å². The maximum Gasteiger partial charge on any atom is 0.211 e. The van der Waals surface area contributed by atoms with Gasteiger partial charge in [0.2, 0.25) is 5.89 Å². The number of ether oxygens (including phenoxy) is 1. The van der Waals surface area contributed by atoms with Gasteiger partial charge in [-0.1, -0.05) is 0 Å². The Morgan fingerprint density at radius 2 is 2.12 bits per heavy atom. The smallest absolute Gasteiger partial charge is 0.211 e. The van der Waals surface area contributed by atoms with Crippen molar-refractivity contribution in [1.82, 2.24) is 10.3 Å². The first-order valence-electron chi connectivity index (χ1n) is 6.20. The largest absolute Gasteiger partial charge is 0.447 e. The van der Waals surface area contributed by atoms with E-state index >= 15 is 0 Å². The van der Waals surface area contributed by atoms with Crippen LogP contribution in [-0.2, 0) is 4.74 Å². The zero-order valence-corrected chi connectivity index (χ0v) is 9.45. The lowest BCUT2D eigenvalue weighted by atomic mass is 9.97. The molecular weight excluding hydrogens is 204 g/mol. The second-order valence-electron chi connectivity index (χ2n) is 4.65. The fourth-order valence-corrected chi connectivity index (χ4v) is 2.54. The van der Waals surface area contributed by atoms with Gasteiger partial charge < -0.3 is 14.5 Å². The van der Waals surface area contributed by atoms with Crippen molar-refractivity contribution in [2.75, 3.05) is 19.8 Å². The van der Waals surface area contributed by atoms with E-state index < -0.39 is 0 Å². The molecule has 1 aromatic heterocycles. The number of aromatic nitrogens is 1. The molecule has 0 aromatic carbocycles. The summed E-state index contributed by atoms with van der Waals surface area (Å²) in [5.74, 6) is 1.41. The number of hydrogen-bond donors (Lipinski definition) is 1. The molecule has 1 atom stereocenters. The van der Waals surface area contributed by atoms with Gasteiger partial charge in [0.15, 0.2) is 0 Å². The van der Waals surface area contributed by atoms with Crippen LogP contribution in [0.3, 0.4) is 0 Å². The van der Waals surface area contributed by atoms with Gasteiger partial charge in [-0.3, -0.25) is 0 Å². The van der Waals surface area contributed by atoms with Gasteiger partial charge in [0.1, 0.15) is 6.26 Å². The SMILES string of the molecule is c1oc(C2CCCN2)nc1C1CCOCC1. The van der Waals surface area contributed by atoms with Gasteiger partial charge in [-0.05, 0) is 32.2 Å². The predicted octanol–water partition coefficient (Wildman–Crippen LogP) is 1.99. The first-order valence-corrected chi connectivity index (χ1v) is 6.20. The topological polar surface area (TPSA) is 47.3 Å². The molecule has 2 fully saturated rings. The third kappa shape index (κ3) is 1.99. The summed E-state index contributed by atoms with van der Waals surface area (Å²) in [7, 11) is 0. The minimum Gasteiger partial charge on any atom is -0.447 e. The molecule has 1 unspecified atom stereocenters. The highest BCUT2D eigenvalue weighted by Crippen LogP contribution is 2.29. The Morgan fingerprint density at radius 3 is 2.88 bits per heavy atom. The van der Waals surface area contributed by atoms with Crippen molar-refractivity contribution < 1.29 is 9.15 Å². The molecular formula is C12H18N2O2. The zero-order chi connectivity index (χ0) is 10.8. The molecule has 3 heterocycles. The summed E-state index contributed by atoms with van der Waals surface area (Å²) >= 11 is 0. The first-order chi connectivity index (χ1) is 7.93. The Labute approximate surface area is 95.4 Å². The molecule has 0 radical (unpaired) electrons. The average molecular weight is 222 g/mol. The fourth-order valence-electron chi connectivity index (χ4n) is 2.54. The average Bonchev–Trinajstić information content (AvgIpc) is 3.01. The Kier molecular flexibility index (Phi) is 2.93. The third-order valence-electron chi connectivity index (χ3n) is 3.54. The summed E-state index contributed by atoms with van der Waals surface area (Å²) in [5, 5.41) is 3.41. The van der Waals surface area contributed by atoms with E-state index in [4.69, 9.17) is 9.15 Å². The van der Waals surface area contributed by atoms with Gasteiger partial charge in [-0.15, -0.1) is 0 Å². The van der Waals surface area contributed by atoms with Crippen molar-refractivity contribution in [2.24, 2.45) is 0 Å². The van der Waals surface area contributed by atoms with Gasteiger partial charge in [-0.2, -0.15) is 0 Å². The van der Waals surface area contributed by atoms with Crippen LogP contribution in [0.2, 0.25) is 0 Å². The molecule has 0 amide bonds. The molecule has 0 saturated carbocycles. The lowest BCUT2D eigenvalue weighted by Crippen LogP contribution is -2.15. The maximum absolute atomic E-state index is 5.59. The second-order valence-corrected chi connectivity index (χ2v) is 4.65. The van der Waals surface area contributed by atoms with Gasteiger partial charge in [-0.25, -0.2) is 4.98 Å².